The number of hydrogen-bond donors (Lipinski definition) is 1. The zero-order chi connectivity index (χ0) is 15.5. The van der Waals surface area contributed by atoms with Crippen LogP contribution in [0.5, 0.6) is 0 Å². The molecule has 3 rings (SSSR count). The average Bonchev–Trinajstić information content (AvgIpc) is 3.06. The molecule has 6 nitrogen and oxygen atoms in total. The molecule has 0 radical (unpaired) electrons. The van der Waals surface area contributed by atoms with Gasteiger partial charge in [0, 0.05) is 11.1 Å². The molecule has 2 aromatic heterocycles. The summed E-state index contributed by atoms with van der Waals surface area (Å²) in [5, 5.41) is 4.69. The molecule has 22 heavy (non-hydrogen) atoms. The maximum atomic E-state index is 12.5. The summed E-state index contributed by atoms with van der Waals surface area (Å²) in [5.74, 6) is 0. The first-order chi connectivity index (χ1) is 10.7. The molecular formula is C15H11N3O3S. The van der Waals surface area contributed by atoms with Crippen LogP contribution in [0.15, 0.2) is 62.7 Å². The van der Waals surface area contributed by atoms with Crippen LogP contribution in [0.2, 0.25) is 0 Å². The summed E-state index contributed by atoms with van der Waals surface area (Å²) < 4.78 is 1.14. The molecule has 0 aliphatic rings. The number of thiophene rings is 1. The lowest BCUT2D eigenvalue weighted by molar-refractivity contribution is 0.701. The van der Waals surface area contributed by atoms with E-state index < -0.39 is 5.69 Å². The third-order valence-electron chi connectivity index (χ3n) is 3.23. The van der Waals surface area contributed by atoms with Crippen molar-refractivity contribution < 1.29 is 0 Å². The molecular weight excluding hydrogens is 302 g/mol. The molecule has 110 valence electrons. The van der Waals surface area contributed by atoms with E-state index in [1.165, 1.54) is 17.5 Å². The van der Waals surface area contributed by atoms with E-state index >= 15 is 0 Å². The topological polar surface area (TPSA) is 84.3 Å². The molecule has 2 heterocycles. The van der Waals surface area contributed by atoms with E-state index in [2.05, 4.69) is 10.2 Å². The molecule has 1 aromatic carbocycles. The number of nitrogens with one attached hydrogen (secondary N) is 1. The summed E-state index contributed by atoms with van der Waals surface area (Å²) in [6.07, 6.45) is 1.44. The summed E-state index contributed by atoms with van der Waals surface area (Å²) in [4.78, 5) is 38.2. The van der Waals surface area contributed by atoms with Gasteiger partial charge in [0.15, 0.2) is 0 Å². The van der Waals surface area contributed by atoms with Crippen molar-refractivity contribution in [3.8, 4) is 10.4 Å². The number of nitroso groups, excluding NO2 is 1. The highest BCUT2D eigenvalue weighted by Crippen LogP contribution is 2.20. The number of aromatic nitrogens is 2. The van der Waals surface area contributed by atoms with Crippen molar-refractivity contribution in [1.29, 1.82) is 0 Å². The molecule has 0 spiro atoms. The molecule has 0 fully saturated rings. The Morgan fingerprint density at radius 1 is 1.14 bits per heavy atom. The van der Waals surface area contributed by atoms with Crippen LogP contribution in [0.4, 0.5) is 5.69 Å². The average molecular weight is 313 g/mol. The van der Waals surface area contributed by atoms with Crippen LogP contribution in [0, 0.1) is 4.91 Å². The molecule has 0 aliphatic carbocycles. The van der Waals surface area contributed by atoms with Gasteiger partial charge < -0.3 is 4.98 Å². The van der Waals surface area contributed by atoms with Crippen molar-refractivity contribution >= 4 is 17.0 Å². The monoisotopic (exact) mass is 313 g/mol. The smallest absolute Gasteiger partial charge is 0.313 e. The van der Waals surface area contributed by atoms with Gasteiger partial charge in [-0.1, -0.05) is 18.2 Å². The molecule has 0 bridgehead atoms. The van der Waals surface area contributed by atoms with Crippen LogP contribution in [-0.2, 0) is 6.54 Å². The summed E-state index contributed by atoms with van der Waals surface area (Å²) >= 11 is 1.43. The van der Waals surface area contributed by atoms with Gasteiger partial charge in [-0.3, -0.25) is 9.36 Å². The predicted octanol–water partition coefficient (Wildman–Crippen LogP) is 2.71. The van der Waals surface area contributed by atoms with E-state index in [9.17, 15) is 14.5 Å². The Balaban J connectivity index is 2.03. The van der Waals surface area contributed by atoms with Crippen molar-refractivity contribution in [2.75, 3.05) is 0 Å². The maximum Gasteiger partial charge on any atom is 0.328 e. The number of hydrogen-bond acceptors (Lipinski definition) is 5. The number of nitrogens with zero attached hydrogens (tertiary/aromatic N) is 2. The summed E-state index contributed by atoms with van der Waals surface area (Å²) in [6, 6.07) is 10.1. The van der Waals surface area contributed by atoms with E-state index in [0.29, 0.717) is 11.3 Å². The van der Waals surface area contributed by atoms with Crippen molar-refractivity contribution in [1.82, 2.24) is 9.55 Å². The van der Waals surface area contributed by atoms with E-state index in [0.717, 1.165) is 15.0 Å². The van der Waals surface area contributed by atoms with Crippen LogP contribution in [0.1, 0.15) is 5.56 Å². The number of aromatic amines is 1. The lowest BCUT2D eigenvalue weighted by atomic mass is 10.2. The van der Waals surface area contributed by atoms with E-state index in [1.54, 1.807) is 24.3 Å². The van der Waals surface area contributed by atoms with Gasteiger partial charge >= 0.3 is 5.69 Å². The van der Waals surface area contributed by atoms with E-state index in [-0.39, 0.29) is 12.1 Å². The van der Waals surface area contributed by atoms with Crippen molar-refractivity contribution in [2.24, 2.45) is 5.18 Å². The quantitative estimate of drug-likeness (QED) is 0.752. The molecule has 0 saturated carbocycles. The van der Waals surface area contributed by atoms with Crippen LogP contribution in [-0.4, -0.2) is 9.55 Å². The first-order valence-electron chi connectivity index (χ1n) is 6.48. The second kappa shape index (κ2) is 5.90. The lowest BCUT2D eigenvalue weighted by Gasteiger charge is -2.06. The first-order valence-corrected chi connectivity index (χ1v) is 7.35. The van der Waals surface area contributed by atoms with Gasteiger partial charge in [-0.05, 0) is 34.3 Å². The Labute approximate surface area is 128 Å². The number of H-pyrrole nitrogens is 1. The molecule has 0 amide bonds. The van der Waals surface area contributed by atoms with Gasteiger partial charge in [0.1, 0.15) is 5.69 Å². The van der Waals surface area contributed by atoms with Gasteiger partial charge in [0.25, 0.3) is 5.56 Å². The van der Waals surface area contributed by atoms with Crippen LogP contribution in [0.25, 0.3) is 10.4 Å². The fourth-order valence-electron chi connectivity index (χ4n) is 2.11. The van der Waals surface area contributed by atoms with Crippen LogP contribution in [0.3, 0.4) is 0 Å². The molecule has 7 heteroatoms. The van der Waals surface area contributed by atoms with Gasteiger partial charge in [-0.25, -0.2) is 4.79 Å². The molecule has 0 unspecified atom stereocenters. The highest BCUT2D eigenvalue weighted by Gasteiger charge is 2.10. The fraction of sp³-hybridized carbons (Fsp3) is 0.0667. The van der Waals surface area contributed by atoms with Crippen LogP contribution < -0.4 is 11.2 Å². The summed E-state index contributed by atoms with van der Waals surface area (Å²) in [5.41, 5.74) is 0.688. The first kappa shape index (κ1) is 14.2. The zero-order valence-corrected chi connectivity index (χ0v) is 12.2. The summed E-state index contributed by atoms with van der Waals surface area (Å²) in [7, 11) is 0. The van der Waals surface area contributed by atoms with Gasteiger partial charge in [-0.2, -0.15) is 0 Å². The second-order valence-corrected chi connectivity index (χ2v) is 5.58. The van der Waals surface area contributed by atoms with E-state index in [1.807, 2.05) is 17.5 Å². The minimum Gasteiger partial charge on any atom is -0.313 e. The Bertz CT molecular complexity index is 908. The minimum absolute atomic E-state index is 0.131. The maximum absolute atomic E-state index is 12.5. The predicted molar refractivity (Wildman–Crippen MR) is 85.6 cm³/mol. The third kappa shape index (κ3) is 2.66. The highest BCUT2D eigenvalue weighted by atomic mass is 32.1. The van der Waals surface area contributed by atoms with Gasteiger partial charge in [0.2, 0.25) is 0 Å². The zero-order valence-electron chi connectivity index (χ0n) is 11.4. The summed E-state index contributed by atoms with van der Waals surface area (Å²) in [6.45, 7) is 0.131. The molecule has 1 N–H and O–H groups in total. The molecule has 0 aliphatic heterocycles. The minimum atomic E-state index is -0.470. The highest BCUT2D eigenvalue weighted by molar-refractivity contribution is 7.13. The third-order valence-corrected chi connectivity index (χ3v) is 4.13. The van der Waals surface area contributed by atoms with Crippen molar-refractivity contribution in [2.45, 2.75) is 6.54 Å². The lowest BCUT2D eigenvalue weighted by Crippen LogP contribution is -2.35. The number of rotatable bonds is 4. The fourth-order valence-corrected chi connectivity index (χ4v) is 2.84. The molecule has 3 aromatic rings. The largest absolute Gasteiger partial charge is 0.328 e. The Hall–Kier alpha value is -2.80. The van der Waals surface area contributed by atoms with Gasteiger partial charge in [0.05, 0.1) is 12.1 Å². The van der Waals surface area contributed by atoms with Gasteiger partial charge in [-0.15, -0.1) is 16.2 Å². The Kier molecular flexibility index (Phi) is 3.80. The normalized spacial score (nSPS) is 10.5. The number of benzene rings is 1. The van der Waals surface area contributed by atoms with Crippen LogP contribution >= 0.6 is 11.3 Å². The molecule has 0 atom stereocenters. The van der Waals surface area contributed by atoms with Crippen molar-refractivity contribution in [3.63, 3.8) is 0 Å². The molecule has 0 saturated heterocycles. The SMILES string of the molecule is O=Nc1ccc(Cn2c(=O)[nH]cc(-c3cccs3)c2=O)cc1. The standard InChI is InChI=1S/C15H11N3O3S/c19-14-12(13-2-1-7-22-13)8-16-15(20)18(14)9-10-3-5-11(17-21)6-4-10/h1-8H,9H2,(H,16,20). The Morgan fingerprint density at radius 2 is 1.91 bits per heavy atom. The second-order valence-electron chi connectivity index (χ2n) is 4.63. The van der Waals surface area contributed by atoms with Crippen molar-refractivity contribution in [3.05, 3.63) is 79.3 Å². The van der Waals surface area contributed by atoms with E-state index in [4.69, 9.17) is 0 Å². The Morgan fingerprint density at radius 3 is 2.55 bits per heavy atom.